The lowest BCUT2D eigenvalue weighted by Gasteiger charge is -2.15. The second-order valence-corrected chi connectivity index (χ2v) is 5.64. The zero-order valence-corrected chi connectivity index (χ0v) is 13.5. The summed E-state index contributed by atoms with van der Waals surface area (Å²) in [4.78, 5) is 12.2. The van der Waals surface area contributed by atoms with Gasteiger partial charge in [-0.2, -0.15) is 0 Å². The number of fused-ring (bicyclic) bond motifs is 1. The molecule has 2 aromatic rings. The van der Waals surface area contributed by atoms with Crippen LogP contribution < -0.4 is 19.5 Å². The molecule has 3 rings (SSSR count). The molecule has 23 heavy (non-hydrogen) atoms. The topological polar surface area (TPSA) is 56.8 Å². The number of benzene rings is 2. The third kappa shape index (κ3) is 3.51. The minimum atomic E-state index is -0.652. The van der Waals surface area contributed by atoms with Crippen molar-refractivity contribution in [3.8, 4) is 17.2 Å². The molecule has 120 valence electrons. The smallest absolute Gasteiger partial charge is 0.265 e. The highest BCUT2D eigenvalue weighted by molar-refractivity contribution is 6.31. The highest BCUT2D eigenvalue weighted by Gasteiger charge is 2.18. The van der Waals surface area contributed by atoms with E-state index in [2.05, 4.69) is 5.32 Å². The maximum absolute atomic E-state index is 12.2. The summed E-state index contributed by atoms with van der Waals surface area (Å²) in [7, 11) is 0. The lowest BCUT2D eigenvalue weighted by atomic mass is 10.2. The van der Waals surface area contributed by atoms with E-state index in [9.17, 15) is 4.79 Å². The molecule has 0 aliphatic carbocycles. The molecule has 1 heterocycles. The average molecular weight is 334 g/mol. The molecule has 1 N–H and O–H groups in total. The largest absolute Gasteiger partial charge is 0.481 e. The van der Waals surface area contributed by atoms with Crippen molar-refractivity contribution < 1.29 is 19.0 Å². The lowest BCUT2D eigenvalue weighted by Crippen LogP contribution is -2.30. The maximum atomic E-state index is 12.2. The summed E-state index contributed by atoms with van der Waals surface area (Å²) < 4.78 is 16.2. The molecule has 6 heteroatoms. The predicted molar refractivity (Wildman–Crippen MR) is 87.5 cm³/mol. The van der Waals surface area contributed by atoms with Crippen molar-refractivity contribution in [3.63, 3.8) is 0 Å². The molecule has 0 saturated carbocycles. The first kappa shape index (κ1) is 15.5. The van der Waals surface area contributed by atoms with Crippen LogP contribution in [0.1, 0.15) is 12.5 Å². The van der Waals surface area contributed by atoms with Crippen molar-refractivity contribution in [2.75, 3.05) is 12.1 Å². The molecule has 0 spiro atoms. The van der Waals surface area contributed by atoms with Crippen molar-refractivity contribution in [2.45, 2.75) is 20.0 Å². The molecular weight excluding hydrogens is 318 g/mol. The molecular formula is C17H16ClNO4. The molecule has 5 nitrogen and oxygen atoms in total. The predicted octanol–water partition coefficient (Wildman–Crippen LogP) is 3.78. The van der Waals surface area contributed by atoms with Crippen LogP contribution in [0.25, 0.3) is 0 Å². The van der Waals surface area contributed by atoms with Crippen LogP contribution in [-0.4, -0.2) is 18.8 Å². The highest BCUT2D eigenvalue weighted by Crippen LogP contribution is 2.34. The van der Waals surface area contributed by atoms with E-state index in [1.165, 1.54) is 0 Å². The van der Waals surface area contributed by atoms with E-state index >= 15 is 0 Å². The van der Waals surface area contributed by atoms with Gasteiger partial charge in [-0.05, 0) is 49.7 Å². The lowest BCUT2D eigenvalue weighted by molar-refractivity contribution is -0.122. The third-order valence-corrected chi connectivity index (χ3v) is 3.88. The Morgan fingerprint density at radius 2 is 2.00 bits per heavy atom. The number of carbonyl (C=O) groups is 1. The summed E-state index contributed by atoms with van der Waals surface area (Å²) in [6, 6.07) is 10.5. The van der Waals surface area contributed by atoms with Gasteiger partial charge in [0.05, 0.1) is 0 Å². The van der Waals surface area contributed by atoms with Gasteiger partial charge in [-0.25, -0.2) is 0 Å². The molecule has 0 saturated heterocycles. The third-order valence-electron chi connectivity index (χ3n) is 3.45. The first-order chi connectivity index (χ1) is 11.0. The van der Waals surface area contributed by atoms with Gasteiger partial charge in [0, 0.05) is 16.8 Å². The monoisotopic (exact) mass is 333 g/mol. The van der Waals surface area contributed by atoms with Crippen molar-refractivity contribution in [3.05, 3.63) is 47.0 Å². The number of anilines is 1. The van der Waals surface area contributed by atoms with Gasteiger partial charge in [-0.1, -0.05) is 11.6 Å². The number of amides is 1. The summed E-state index contributed by atoms with van der Waals surface area (Å²) in [6.45, 7) is 3.76. The van der Waals surface area contributed by atoms with Crippen LogP contribution in [0.5, 0.6) is 17.2 Å². The molecule has 0 radical (unpaired) electrons. The van der Waals surface area contributed by atoms with E-state index in [-0.39, 0.29) is 12.7 Å². The van der Waals surface area contributed by atoms with Crippen LogP contribution in [0.2, 0.25) is 5.02 Å². The fourth-order valence-corrected chi connectivity index (χ4v) is 2.28. The Morgan fingerprint density at radius 3 is 2.78 bits per heavy atom. The van der Waals surface area contributed by atoms with Crippen molar-refractivity contribution >= 4 is 23.2 Å². The minimum absolute atomic E-state index is 0.197. The molecule has 2 aromatic carbocycles. The fourth-order valence-electron chi connectivity index (χ4n) is 2.17. The quantitative estimate of drug-likeness (QED) is 0.925. The average Bonchev–Trinajstić information content (AvgIpc) is 2.98. The molecule has 0 fully saturated rings. The van der Waals surface area contributed by atoms with Crippen molar-refractivity contribution in [1.82, 2.24) is 0 Å². The summed E-state index contributed by atoms with van der Waals surface area (Å²) >= 11 is 5.98. The van der Waals surface area contributed by atoms with E-state index in [4.69, 9.17) is 25.8 Å². The Labute approximate surface area is 139 Å². The first-order valence-corrected chi connectivity index (χ1v) is 7.54. The van der Waals surface area contributed by atoms with Crippen LogP contribution in [0, 0.1) is 6.92 Å². The van der Waals surface area contributed by atoms with E-state index < -0.39 is 6.10 Å². The van der Waals surface area contributed by atoms with Crippen LogP contribution in [0.4, 0.5) is 5.69 Å². The molecule has 1 atom stereocenters. The molecule has 1 amide bonds. The van der Waals surface area contributed by atoms with Gasteiger partial charge in [0.25, 0.3) is 5.91 Å². The number of nitrogens with one attached hydrogen (secondary N) is 1. The Kier molecular flexibility index (Phi) is 4.30. The number of aryl methyl sites for hydroxylation is 1. The normalized spacial score (nSPS) is 13.5. The summed E-state index contributed by atoms with van der Waals surface area (Å²) in [6.07, 6.45) is -0.652. The molecule has 1 aliphatic rings. The number of rotatable bonds is 4. The number of hydrogen-bond acceptors (Lipinski definition) is 4. The standard InChI is InChI=1S/C17H16ClNO4/c1-10-7-13(4-5-14(10)18)23-11(2)17(20)19-12-3-6-15-16(8-12)22-9-21-15/h3-8,11H,9H2,1-2H3,(H,19,20). The Morgan fingerprint density at radius 1 is 1.22 bits per heavy atom. The Hall–Kier alpha value is -2.40. The van der Waals surface area contributed by atoms with Gasteiger partial charge in [-0.15, -0.1) is 0 Å². The fraction of sp³-hybridized carbons (Fsp3) is 0.235. The molecule has 1 unspecified atom stereocenters. The maximum Gasteiger partial charge on any atom is 0.265 e. The van der Waals surface area contributed by atoms with E-state index in [0.717, 1.165) is 5.56 Å². The Balaban J connectivity index is 1.64. The molecule has 0 aromatic heterocycles. The number of hydrogen-bond donors (Lipinski definition) is 1. The van der Waals surface area contributed by atoms with E-state index in [1.807, 2.05) is 6.92 Å². The van der Waals surface area contributed by atoms with Gasteiger partial charge in [-0.3, -0.25) is 4.79 Å². The molecule has 0 bridgehead atoms. The second kappa shape index (κ2) is 6.38. The van der Waals surface area contributed by atoms with Gasteiger partial charge >= 0.3 is 0 Å². The zero-order valence-electron chi connectivity index (χ0n) is 12.8. The van der Waals surface area contributed by atoms with Crippen LogP contribution in [0.3, 0.4) is 0 Å². The van der Waals surface area contributed by atoms with Crippen LogP contribution >= 0.6 is 11.6 Å². The van der Waals surface area contributed by atoms with Gasteiger partial charge in [0.15, 0.2) is 17.6 Å². The van der Waals surface area contributed by atoms with Crippen LogP contribution in [0.15, 0.2) is 36.4 Å². The van der Waals surface area contributed by atoms with Crippen LogP contribution in [-0.2, 0) is 4.79 Å². The summed E-state index contributed by atoms with van der Waals surface area (Å²) in [5, 5.41) is 3.45. The van der Waals surface area contributed by atoms with E-state index in [1.54, 1.807) is 43.3 Å². The van der Waals surface area contributed by atoms with Crippen molar-refractivity contribution in [2.24, 2.45) is 0 Å². The second-order valence-electron chi connectivity index (χ2n) is 5.23. The van der Waals surface area contributed by atoms with Gasteiger partial charge < -0.3 is 19.5 Å². The number of halogens is 1. The summed E-state index contributed by atoms with van der Waals surface area (Å²) in [5.74, 6) is 1.63. The zero-order chi connectivity index (χ0) is 16.4. The number of ether oxygens (including phenoxy) is 3. The van der Waals surface area contributed by atoms with E-state index in [0.29, 0.717) is 28.0 Å². The highest BCUT2D eigenvalue weighted by atomic mass is 35.5. The molecule has 1 aliphatic heterocycles. The SMILES string of the molecule is Cc1cc(OC(C)C(=O)Nc2ccc3c(c2)OCO3)ccc1Cl. The minimum Gasteiger partial charge on any atom is -0.481 e. The summed E-state index contributed by atoms with van der Waals surface area (Å²) in [5.41, 5.74) is 1.52. The van der Waals surface area contributed by atoms with Gasteiger partial charge in [0.2, 0.25) is 6.79 Å². The first-order valence-electron chi connectivity index (χ1n) is 7.16. The number of carbonyl (C=O) groups excluding carboxylic acids is 1. The van der Waals surface area contributed by atoms with Gasteiger partial charge in [0.1, 0.15) is 5.75 Å². The Bertz CT molecular complexity index is 747. The van der Waals surface area contributed by atoms with Crippen molar-refractivity contribution in [1.29, 1.82) is 0 Å².